The maximum absolute atomic E-state index is 11.6. The van der Waals surface area contributed by atoms with E-state index in [4.69, 9.17) is 22.2 Å². The van der Waals surface area contributed by atoms with Crippen LogP contribution < -0.4 is 0 Å². The highest BCUT2D eigenvalue weighted by Crippen LogP contribution is 2.30. The number of carbonyl (C=O) groups is 2. The molecule has 24 heavy (non-hydrogen) atoms. The number of likely N-dealkylation sites (N-methyl/N-ethyl adjacent to an activating group) is 1. The third-order valence-corrected chi connectivity index (χ3v) is 4.83. The fourth-order valence-corrected chi connectivity index (χ4v) is 2.96. The summed E-state index contributed by atoms with van der Waals surface area (Å²) in [7, 11) is 1.55. The van der Waals surface area contributed by atoms with Crippen LogP contribution in [0.4, 0.5) is 0 Å². The molecule has 6 nitrogen and oxygen atoms in total. The van der Waals surface area contributed by atoms with Crippen molar-refractivity contribution >= 4 is 40.2 Å². The Morgan fingerprint density at radius 1 is 1.38 bits per heavy atom. The minimum absolute atomic E-state index is 0.194. The number of amides is 1. The number of esters is 1. The van der Waals surface area contributed by atoms with Crippen molar-refractivity contribution in [3.05, 3.63) is 11.0 Å². The Labute approximate surface area is 153 Å². The fourth-order valence-electron chi connectivity index (χ4n) is 1.77. The number of rotatable bonds is 6. The molecule has 0 saturated carbocycles. The highest BCUT2D eigenvalue weighted by Gasteiger charge is 2.31. The van der Waals surface area contributed by atoms with E-state index >= 15 is 0 Å². The third-order valence-electron chi connectivity index (χ3n) is 3.33. The molecule has 0 aromatic rings. The predicted octanol–water partition coefficient (Wildman–Crippen LogP) is 2.41. The topological polar surface area (TPSA) is 73.6 Å². The minimum atomic E-state index is -1.07. The first-order chi connectivity index (χ1) is 11.4. The molecule has 0 aliphatic carbocycles. The summed E-state index contributed by atoms with van der Waals surface area (Å²) < 4.78 is 5.13. The lowest BCUT2D eigenvalue weighted by molar-refractivity contribution is -0.144. The summed E-state index contributed by atoms with van der Waals surface area (Å²) in [5.74, 6) is -2.03. The molecule has 0 N–H and O–H groups in total. The van der Waals surface area contributed by atoms with Gasteiger partial charge < -0.3 is 9.64 Å². The maximum atomic E-state index is 11.6. The van der Waals surface area contributed by atoms with Crippen molar-refractivity contribution in [3.8, 4) is 6.07 Å². The van der Waals surface area contributed by atoms with Gasteiger partial charge in [0, 0.05) is 7.05 Å². The van der Waals surface area contributed by atoms with Crippen LogP contribution in [0.1, 0.15) is 27.7 Å². The number of nitrogens with zero attached hydrogens (tertiary/aromatic N) is 3. The molecule has 1 saturated heterocycles. The third kappa shape index (κ3) is 6.99. The van der Waals surface area contributed by atoms with Gasteiger partial charge in [0.05, 0.1) is 17.6 Å². The van der Waals surface area contributed by atoms with E-state index < -0.39 is 11.9 Å². The number of thioether (sulfide) groups is 1. The first kappa shape index (κ1) is 22.6. The molecule has 0 radical (unpaired) electrons. The van der Waals surface area contributed by atoms with Crippen molar-refractivity contribution in [2.24, 2.45) is 5.92 Å². The molecule has 0 bridgehead atoms. The number of ether oxygens (including phenoxy) is 1. The Kier molecular flexibility index (Phi) is 11.3. The molecule has 1 fully saturated rings. The van der Waals surface area contributed by atoms with E-state index in [2.05, 4.69) is 25.7 Å². The zero-order chi connectivity index (χ0) is 18.7. The van der Waals surface area contributed by atoms with Gasteiger partial charge in [-0.2, -0.15) is 5.26 Å². The van der Waals surface area contributed by atoms with E-state index in [0.29, 0.717) is 4.32 Å². The number of thiocarbonyl (C=S) groups is 1. The van der Waals surface area contributed by atoms with Gasteiger partial charge in [-0.05, 0) is 32.6 Å². The van der Waals surface area contributed by atoms with E-state index in [-0.39, 0.29) is 17.4 Å². The SMILES string of the molecule is CCN(CC)CC.CCOC(=O)C(C#N)/C=C1\SC(=S)N(C)C1=O. The normalized spacial score (nSPS) is 16.7. The van der Waals surface area contributed by atoms with Gasteiger partial charge >= 0.3 is 5.97 Å². The molecule has 1 unspecified atom stereocenters. The van der Waals surface area contributed by atoms with Crippen molar-refractivity contribution in [3.63, 3.8) is 0 Å². The predicted molar refractivity (Wildman–Crippen MR) is 100 cm³/mol. The largest absolute Gasteiger partial charge is 0.465 e. The van der Waals surface area contributed by atoms with Crippen LogP contribution in [-0.2, 0) is 14.3 Å². The molecule has 0 aromatic heterocycles. The van der Waals surface area contributed by atoms with Crippen LogP contribution in [0.25, 0.3) is 0 Å². The maximum Gasteiger partial charge on any atom is 0.327 e. The summed E-state index contributed by atoms with van der Waals surface area (Å²) in [6.07, 6.45) is 1.29. The van der Waals surface area contributed by atoms with E-state index in [1.165, 1.54) is 30.6 Å². The van der Waals surface area contributed by atoms with Gasteiger partial charge in [-0.3, -0.25) is 14.5 Å². The van der Waals surface area contributed by atoms with Crippen LogP contribution in [0.3, 0.4) is 0 Å². The molecule has 1 rings (SSSR count). The first-order valence-corrected chi connectivity index (χ1v) is 9.08. The molecular formula is C16H25N3O3S2. The molecule has 1 heterocycles. The summed E-state index contributed by atoms with van der Waals surface area (Å²) in [5.41, 5.74) is 0. The van der Waals surface area contributed by atoms with Crippen LogP contribution in [0.5, 0.6) is 0 Å². The fraction of sp³-hybridized carbons (Fsp3) is 0.625. The quantitative estimate of drug-likeness (QED) is 0.403. The molecule has 1 amide bonds. The Hall–Kier alpha value is -1.43. The second-order valence-corrected chi connectivity index (χ2v) is 6.42. The van der Waals surface area contributed by atoms with Gasteiger partial charge in [0.25, 0.3) is 5.91 Å². The lowest BCUT2D eigenvalue weighted by Gasteiger charge is -2.13. The van der Waals surface area contributed by atoms with Gasteiger partial charge in [-0.1, -0.05) is 44.8 Å². The summed E-state index contributed by atoms with van der Waals surface area (Å²) in [4.78, 5) is 27.0. The molecule has 0 spiro atoms. The Morgan fingerprint density at radius 3 is 2.21 bits per heavy atom. The van der Waals surface area contributed by atoms with Crippen LogP contribution in [0, 0.1) is 17.2 Å². The Morgan fingerprint density at radius 2 is 1.92 bits per heavy atom. The highest BCUT2D eigenvalue weighted by atomic mass is 32.2. The number of carbonyl (C=O) groups excluding carboxylic acids is 2. The zero-order valence-electron chi connectivity index (χ0n) is 14.9. The van der Waals surface area contributed by atoms with Crippen molar-refractivity contribution < 1.29 is 14.3 Å². The second kappa shape index (κ2) is 12.0. The van der Waals surface area contributed by atoms with E-state index in [9.17, 15) is 9.59 Å². The summed E-state index contributed by atoms with van der Waals surface area (Å²) >= 11 is 6.00. The lowest BCUT2D eigenvalue weighted by atomic mass is 10.1. The molecule has 0 aromatic carbocycles. The summed E-state index contributed by atoms with van der Waals surface area (Å²) in [6.45, 7) is 12.0. The van der Waals surface area contributed by atoms with E-state index in [1.807, 2.05) is 0 Å². The monoisotopic (exact) mass is 371 g/mol. The van der Waals surface area contributed by atoms with Gasteiger partial charge in [0.15, 0.2) is 5.92 Å². The number of hydrogen-bond donors (Lipinski definition) is 0. The summed E-state index contributed by atoms with van der Waals surface area (Å²) in [6, 6.07) is 1.79. The Bertz CT molecular complexity index is 520. The van der Waals surface area contributed by atoms with E-state index in [0.717, 1.165) is 11.8 Å². The molecule has 1 aliphatic heterocycles. The number of hydrogen-bond acceptors (Lipinski definition) is 7. The van der Waals surface area contributed by atoms with Gasteiger partial charge in [-0.15, -0.1) is 0 Å². The lowest BCUT2D eigenvalue weighted by Crippen LogP contribution is -2.23. The van der Waals surface area contributed by atoms with Crippen molar-refractivity contribution in [1.29, 1.82) is 5.26 Å². The van der Waals surface area contributed by atoms with Crippen LogP contribution >= 0.6 is 24.0 Å². The first-order valence-electron chi connectivity index (χ1n) is 7.86. The second-order valence-electron chi connectivity index (χ2n) is 4.74. The van der Waals surface area contributed by atoms with Crippen LogP contribution in [-0.4, -0.2) is 59.3 Å². The van der Waals surface area contributed by atoms with Gasteiger partial charge in [-0.25, -0.2) is 0 Å². The molecule has 134 valence electrons. The molecule has 1 aliphatic rings. The van der Waals surface area contributed by atoms with Gasteiger partial charge in [0.1, 0.15) is 4.32 Å². The summed E-state index contributed by atoms with van der Waals surface area (Å²) in [5, 5.41) is 8.84. The van der Waals surface area contributed by atoms with Crippen LogP contribution in [0.15, 0.2) is 11.0 Å². The smallest absolute Gasteiger partial charge is 0.327 e. The zero-order valence-corrected chi connectivity index (χ0v) is 16.5. The van der Waals surface area contributed by atoms with Crippen LogP contribution in [0.2, 0.25) is 0 Å². The Balaban J connectivity index is 0.000000640. The van der Waals surface area contributed by atoms with E-state index in [1.54, 1.807) is 20.0 Å². The van der Waals surface area contributed by atoms with Gasteiger partial charge in [0.2, 0.25) is 0 Å². The molecule has 8 heteroatoms. The minimum Gasteiger partial charge on any atom is -0.465 e. The molecular weight excluding hydrogens is 346 g/mol. The van der Waals surface area contributed by atoms with Crippen molar-refractivity contribution in [1.82, 2.24) is 9.80 Å². The highest BCUT2D eigenvalue weighted by molar-refractivity contribution is 8.26. The molecule has 1 atom stereocenters. The standard InChI is InChI=1S/C10H10N2O3S2.C6H15N/c1-3-15-9(14)6(5-11)4-7-8(13)12(2)10(16)17-7;1-4-7(5-2)6-3/h4,6H,3H2,1-2H3;4-6H2,1-3H3/b7-4-;. The van der Waals surface area contributed by atoms with Crippen molar-refractivity contribution in [2.45, 2.75) is 27.7 Å². The number of nitriles is 1. The van der Waals surface area contributed by atoms with Crippen molar-refractivity contribution in [2.75, 3.05) is 33.3 Å². The average Bonchev–Trinajstić information content (AvgIpc) is 2.82. The average molecular weight is 372 g/mol.